The van der Waals surface area contributed by atoms with Gasteiger partial charge < -0.3 is 23.9 Å². The van der Waals surface area contributed by atoms with E-state index in [0.717, 1.165) is 22.6 Å². The van der Waals surface area contributed by atoms with Crippen molar-refractivity contribution in [3.8, 4) is 28.6 Å². The molecule has 0 aliphatic rings. The Morgan fingerprint density at radius 3 is 2.17 bits per heavy atom. The molecule has 0 aliphatic heterocycles. The summed E-state index contributed by atoms with van der Waals surface area (Å²) in [5, 5.41) is 9.62. The van der Waals surface area contributed by atoms with Crippen LogP contribution in [0.25, 0.3) is 11.4 Å². The molecule has 41 heavy (non-hydrogen) atoms. The molecule has 1 heterocycles. The van der Waals surface area contributed by atoms with E-state index < -0.39 is 24.6 Å². The number of rotatable bonds is 12. The maximum atomic E-state index is 13.2. The van der Waals surface area contributed by atoms with Crippen molar-refractivity contribution in [3.63, 3.8) is 0 Å². The maximum Gasteiger partial charge on any atom is 0.416 e. The molecule has 0 fully saturated rings. The minimum atomic E-state index is -1.13. The Balaban J connectivity index is 1.49. The molecule has 0 spiro atoms. The quantitative estimate of drug-likeness (QED) is 0.217. The number of carboxylic acids is 1. The van der Waals surface area contributed by atoms with E-state index in [2.05, 4.69) is 0 Å². The Morgan fingerprint density at radius 1 is 0.927 bits per heavy atom. The largest absolute Gasteiger partial charge is 0.497 e. The molecule has 4 rings (SSSR count). The number of benzene rings is 3. The molecule has 0 unspecified atom stereocenters. The number of nitrogens with zero attached hydrogens (tertiary/aromatic N) is 3. The zero-order valence-electron chi connectivity index (χ0n) is 23.7. The van der Waals surface area contributed by atoms with E-state index in [0.29, 0.717) is 23.7 Å². The minimum absolute atomic E-state index is 0.184. The SMILES string of the molecule is COc1ccc(OC(=O)N(CC(=O)O)[C@@H](CC(C)C)c2ccc(OCc3cn(C)c(-c4ccccc4)n3)cc2)cc1. The van der Waals surface area contributed by atoms with Crippen molar-refractivity contribution in [1.29, 1.82) is 0 Å². The van der Waals surface area contributed by atoms with E-state index in [1.54, 1.807) is 31.4 Å². The Labute approximate surface area is 239 Å². The molecule has 1 aromatic heterocycles. The Morgan fingerprint density at radius 2 is 1.56 bits per heavy atom. The first-order valence-corrected chi connectivity index (χ1v) is 13.4. The topological polar surface area (TPSA) is 103 Å². The third-order valence-electron chi connectivity index (χ3n) is 6.49. The molecule has 1 atom stereocenters. The molecule has 0 aliphatic carbocycles. The van der Waals surface area contributed by atoms with Gasteiger partial charge in [-0.05, 0) is 54.3 Å². The van der Waals surface area contributed by atoms with Gasteiger partial charge in [-0.25, -0.2) is 9.78 Å². The van der Waals surface area contributed by atoms with Gasteiger partial charge in [0.25, 0.3) is 0 Å². The summed E-state index contributed by atoms with van der Waals surface area (Å²) in [7, 11) is 3.49. The zero-order valence-corrected chi connectivity index (χ0v) is 23.7. The van der Waals surface area contributed by atoms with Gasteiger partial charge in [-0.15, -0.1) is 0 Å². The number of aliphatic carboxylic acids is 1. The van der Waals surface area contributed by atoms with E-state index in [4.69, 9.17) is 19.2 Å². The number of carboxylic acid groups (broad SMARTS) is 1. The molecule has 9 nitrogen and oxygen atoms in total. The first-order valence-electron chi connectivity index (χ1n) is 13.4. The number of carbonyl (C=O) groups is 2. The monoisotopic (exact) mass is 557 g/mol. The van der Waals surface area contributed by atoms with Gasteiger partial charge in [-0.3, -0.25) is 9.69 Å². The highest BCUT2D eigenvalue weighted by molar-refractivity contribution is 5.78. The van der Waals surface area contributed by atoms with Gasteiger partial charge >= 0.3 is 12.1 Å². The first-order chi connectivity index (χ1) is 19.7. The van der Waals surface area contributed by atoms with Crippen LogP contribution in [-0.2, 0) is 18.4 Å². The smallest absolute Gasteiger partial charge is 0.416 e. The average molecular weight is 558 g/mol. The molecule has 1 amide bonds. The van der Waals surface area contributed by atoms with Crippen molar-refractivity contribution < 1.29 is 28.9 Å². The number of ether oxygens (including phenoxy) is 3. The van der Waals surface area contributed by atoms with Crippen LogP contribution in [0.3, 0.4) is 0 Å². The molecule has 4 aromatic rings. The van der Waals surface area contributed by atoms with Crippen LogP contribution in [0.15, 0.2) is 85.1 Å². The van der Waals surface area contributed by atoms with Crippen LogP contribution in [0, 0.1) is 5.92 Å². The lowest BCUT2D eigenvalue weighted by molar-refractivity contribution is -0.138. The summed E-state index contributed by atoms with van der Waals surface area (Å²) in [6.07, 6.45) is 1.74. The summed E-state index contributed by atoms with van der Waals surface area (Å²) in [5.41, 5.74) is 2.60. The van der Waals surface area contributed by atoms with Crippen LogP contribution in [0.1, 0.15) is 37.6 Å². The van der Waals surface area contributed by atoms with Crippen LogP contribution in [0.5, 0.6) is 17.2 Å². The predicted molar refractivity (Wildman–Crippen MR) is 155 cm³/mol. The third-order valence-corrected chi connectivity index (χ3v) is 6.49. The number of aryl methyl sites for hydroxylation is 1. The lowest BCUT2D eigenvalue weighted by Crippen LogP contribution is -2.41. The molecule has 0 radical (unpaired) electrons. The molecular formula is C32H35N3O6. The van der Waals surface area contributed by atoms with E-state index in [-0.39, 0.29) is 12.5 Å². The Bertz CT molecular complexity index is 1430. The maximum absolute atomic E-state index is 13.2. The molecule has 0 saturated heterocycles. The van der Waals surface area contributed by atoms with Gasteiger partial charge in [0.05, 0.1) is 18.8 Å². The standard InChI is InChI=1S/C32H35N3O6/c1-22(2)18-29(35(20-30(36)37)32(38)41-28-16-14-26(39-4)15-17-28)23-10-12-27(13-11-23)40-21-25-19-34(3)31(33-25)24-8-6-5-7-9-24/h5-17,19,22,29H,18,20-21H2,1-4H3,(H,36,37)/t29-/m0/s1. The lowest BCUT2D eigenvalue weighted by atomic mass is 9.95. The van der Waals surface area contributed by atoms with Crippen molar-refractivity contribution in [3.05, 3.63) is 96.3 Å². The summed E-state index contributed by atoms with van der Waals surface area (Å²) in [6.45, 7) is 3.83. The zero-order chi connectivity index (χ0) is 29.4. The second-order valence-corrected chi connectivity index (χ2v) is 10.1. The van der Waals surface area contributed by atoms with Gasteiger partial charge in [0, 0.05) is 18.8 Å². The van der Waals surface area contributed by atoms with Crippen LogP contribution in [0.4, 0.5) is 4.79 Å². The Hall–Kier alpha value is -4.79. The second-order valence-electron chi connectivity index (χ2n) is 10.1. The fourth-order valence-corrected chi connectivity index (χ4v) is 4.54. The molecule has 1 N–H and O–H groups in total. The number of imidazole rings is 1. The van der Waals surface area contributed by atoms with Gasteiger partial charge in [-0.2, -0.15) is 0 Å². The van der Waals surface area contributed by atoms with E-state index in [1.807, 2.05) is 86.3 Å². The normalized spacial score (nSPS) is 11.6. The van der Waals surface area contributed by atoms with Gasteiger partial charge in [-0.1, -0.05) is 56.3 Å². The molecule has 9 heteroatoms. The van der Waals surface area contributed by atoms with Crippen molar-refractivity contribution in [2.75, 3.05) is 13.7 Å². The second kappa shape index (κ2) is 13.5. The van der Waals surface area contributed by atoms with Gasteiger partial charge in [0.2, 0.25) is 0 Å². The summed E-state index contributed by atoms with van der Waals surface area (Å²) in [5.74, 6) is 1.46. The van der Waals surface area contributed by atoms with Gasteiger partial charge in [0.1, 0.15) is 36.2 Å². The summed E-state index contributed by atoms with van der Waals surface area (Å²) >= 11 is 0. The Kier molecular flexibility index (Phi) is 9.63. The van der Waals surface area contributed by atoms with Crippen molar-refractivity contribution in [2.45, 2.75) is 32.9 Å². The highest BCUT2D eigenvalue weighted by atomic mass is 16.6. The number of hydrogen-bond acceptors (Lipinski definition) is 6. The highest BCUT2D eigenvalue weighted by Gasteiger charge is 2.30. The van der Waals surface area contributed by atoms with E-state index in [9.17, 15) is 14.7 Å². The molecule has 214 valence electrons. The summed E-state index contributed by atoms with van der Waals surface area (Å²) in [6, 6.07) is 23.3. The lowest BCUT2D eigenvalue weighted by Gasteiger charge is -2.31. The molecule has 3 aromatic carbocycles. The number of hydrogen-bond donors (Lipinski definition) is 1. The fourth-order valence-electron chi connectivity index (χ4n) is 4.54. The number of carbonyl (C=O) groups excluding carboxylic acids is 1. The van der Waals surface area contributed by atoms with Crippen LogP contribution >= 0.6 is 0 Å². The van der Waals surface area contributed by atoms with Crippen LogP contribution in [0.2, 0.25) is 0 Å². The number of aromatic nitrogens is 2. The van der Waals surface area contributed by atoms with E-state index in [1.165, 1.54) is 4.90 Å². The highest BCUT2D eigenvalue weighted by Crippen LogP contribution is 2.31. The van der Waals surface area contributed by atoms with Crippen molar-refractivity contribution in [2.24, 2.45) is 13.0 Å². The number of amides is 1. The molecule has 0 bridgehead atoms. The minimum Gasteiger partial charge on any atom is -0.497 e. The third kappa shape index (κ3) is 7.88. The van der Waals surface area contributed by atoms with Gasteiger partial charge in [0.15, 0.2) is 0 Å². The summed E-state index contributed by atoms with van der Waals surface area (Å²) in [4.78, 5) is 31.0. The predicted octanol–water partition coefficient (Wildman–Crippen LogP) is 6.35. The summed E-state index contributed by atoms with van der Waals surface area (Å²) < 4.78 is 18.7. The van der Waals surface area contributed by atoms with Crippen molar-refractivity contribution >= 4 is 12.1 Å². The number of methoxy groups -OCH3 is 1. The van der Waals surface area contributed by atoms with Crippen LogP contribution < -0.4 is 14.2 Å². The van der Waals surface area contributed by atoms with E-state index >= 15 is 0 Å². The van der Waals surface area contributed by atoms with Crippen LogP contribution in [-0.4, -0.2) is 45.3 Å². The average Bonchev–Trinajstić information content (AvgIpc) is 3.35. The van der Waals surface area contributed by atoms with Crippen molar-refractivity contribution in [1.82, 2.24) is 14.5 Å². The molecule has 0 saturated carbocycles. The fraction of sp³-hybridized carbons (Fsp3) is 0.281. The molecular weight excluding hydrogens is 522 g/mol. The first kappa shape index (κ1) is 29.2.